The highest BCUT2D eigenvalue weighted by atomic mass is 32.1. The van der Waals surface area contributed by atoms with Crippen molar-refractivity contribution >= 4 is 23.1 Å². The maximum atomic E-state index is 12.5. The van der Waals surface area contributed by atoms with Crippen LogP contribution in [-0.4, -0.2) is 28.5 Å². The van der Waals surface area contributed by atoms with E-state index >= 15 is 0 Å². The molecule has 3 N–H and O–H groups in total. The van der Waals surface area contributed by atoms with E-state index in [-0.39, 0.29) is 5.91 Å². The number of carbonyl (C=O) groups is 1. The highest BCUT2D eigenvalue weighted by Crippen LogP contribution is 2.33. The second kappa shape index (κ2) is 6.39. The third kappa shape index (κ3) is 3.32. The Bertz CT molecular complexity index is 539. The van der Waals surface area contributed by atoms with Gasteiger partial charge in [0, 0.05) is 6.20 Å². The third-order valence-corrected chi connectivity index (χ3v) is 4.59. The third-order valence-electron chi connectivity index (χ3n) is 4.20. The van der Waals surface area contributed by atoms with E-state index in [9.17, 15) is 4.79 Å². The Balaban J connectivity index is 2.21. The van der Waals surface area contributed by atoms with Crippen LogP contribution < -0.4 is 15.8 Å². The maximum Gasteiger partial charge on any atom is 0.255 e. The van der Waals surface area contributed by atoms with Crippen LogP contribution in [0.15, 0.2) is 18.5 Å². The van der Waals surface area contributed by atoms with E-state index in [4.69, 9.17) is 22.7 Å². The topological polar surface area (TPSA) is 77.2 Å². The standard InChI is InChI=1S/C15H21N3O2S/c1-10-3-6-15(7-4-10,14(16)21)18-13(19)11-5-8-17-9-12(11)20-2/h5,8-10H,3-4,6-7H2,1-2H3,(H2,16,21)(H,18,19). The lowest BCUT2D eigenvalue weighted by molar-refractivity contribution is 0.0897. The van der Waals surface area contributed by atoms with E-state index in [0.717, 1.165) is 25.7 Å². The lowest BCUT2D eigenvalue weighted by Crippen LogP contribution is -2.58. The zero-order valence-corrected chi connectivity index (χ0v) is 13.2. The van der Waals surface area contributed by atoms with Crippen molar-refractivity contribution in [3.8, 4) is 5.75 Å². The SMILES string of the molecule is COc1cnccc1C(=O)NC1(C(N)=S)CCC(C)CC1. The Morgan fingerprint density at radius 1 is 1.52 bits per heavy atom. The summed E-state index contributed by atoms with van der Waals surface area (Å²) in [5, 5.41) is 3.03. The molecule has 1 aromatic rings. The van der Waals surface area contributed by atoms with E-state index in [1.807, 2.05) is 0 Å². The molecule has 114 valence electrons. The van der Waals surface area contributed by atoms with Crippen molar-refractivity contribution in [3.63, 3.8) is 0 Å². The van der Waals surface area contributed by atoms with Crippen molar-refractivity contribution in [2.24, 2.45) is 11.7 Å². The number of nitrogens with one attached hydrogen (secondary N) is 1. The van der Waals surface area contributed by atoms with Gasteiger partial charge in [-0.25, -0.2) is 0 Å². The summed E-state index contributed by atoms with van der Waals surface area (Å²) in [6.45, 7) is 2.21. The van der Waals surface area contributed by atoms with E-state index < -0.39 is 5.54 Å². The Morgan fingerprint density at radius 3 is 2.76 bits per heavy atom. The number of nitrogens with two attached hydrogens (primary N) is 1. The van der Waals surface area contributed by atoms with Crippen LogP contribution in [0.5, 0.6) is 5.75 Å². The number of nitrogens with zero attached hydrogens (tertiary/aromatic N) is 1. The van der Waals surface area contributed by atoms with Crippen LogP contribution >= 0.6 is 12.2 Å². The maximum absolute atomic E-state index is 12.5. The van der Waals surface area contributed by atoms with Gasteiger partial charge in [-0.1, -0.05) is 19.1 Å². The molecule has 1 fully saturated rings. The fraction of sp³-hybridized carbons (Fsp3) is 0.533. The number of aromatic nitrogens is 1. The average Bonchev–Trinajstić information content (AvgIpc) is 2.49. The van der Waals surface area contributed by atoms with Gasteiger partial charge in [-0.15, -0.1) is 0 Å². The number of hydrogen-bond donors (Lipinski definition) is 2. The Kier molecular flexibility index (Phi) is 4.77. The van der Waals surface area contributed by atoms with Crippen LogP contribution in [0.1, 0.15) is 43.0 Å². The van der Waals surface area contributed by atoms with E-state index in [0.29, 0.717) is 22.2 Å². The minimum absolute atomic E-state index is 0.225. The Morgan fingerprint density at radius 2 is 2.19 bits per heavy atom. The predicted molar refractivity (Wildman–Crippen MR) is 85.4 cm³/mol. The number of ether oxygens (including phenoxy) is 1. The van der Waals surface area contributed by atoms with Gasteiger partial charge in [0.1, 0.15) is 5.75 Å². The van der Waals surface area contributed by atoms with Gasteiger partial charge in [-0.3, -0.25) is 9.78 Å². The molecular weight excluding hydrogens is 286 g/mol. The van der Waals surface area contributed by atoms with Gasteiger partial charge in [0.25, 0.3) is 5.91 Å². The number of rotatable bonds is 4. The lowest BCUT2D eigenvalue weighted by atomic mass is 9.77. The first-order valence-electron chi connectivity index (χ1n) is 7.09. The van der Waals surface area contributed by atoms with Gasteiger partial charge < -0.3 is 15.8 Å². The van der Waals surface area contributed by atoms with Crippen LogP contribution in [0.2, 0.25) is 0 Å². The van der Waals surface area contributed by atoms with E-state index in [1.54, 1.807) is 12.3 Å². The minimum atomic E-state index is -0.590. The van der Waals surface area contributed by atoms with Gasteiger partial charge >= 0.3 is 0 Å². The van der Waals surface area contributed by atoms with Crippen molar-refractivity contribution in [1.82, 2.24) is 10.3 Å². The summed E-state index contributed by atoms with van der Waals surface area (Å²) in [5.41, 5.74) is 5.77. The highest BCUT2D eigenvalue weighted by molar-refractivity contribution is 7.80. The fourth-order valence-electron chi connectivity index (χ4n) is 2.70. The van der Waals surface area contributed by atoms with Gasteiger partial charge in [0.05, 0.1) is 29.4 Å². The second-order valence-electron chi connectivity index (χ2n) is 5.66. The molecule has 1 aliphatic rings. The summed E-state index contributed by atoms with van der Waals surface area (Å²) in [6.07, 6.45) is 6.65. The number of methoxy groups -OCH3 is 1. The van der Waals surface area contributed by atoms with Gasteiger partial charge in [-0.2, -0.15) is 0 Å². The quantitative estimate of drug-likeness (QED) is 0.833. The number of thiocarbonyl (C=S) groups is 1. The molecule has 1 aromatic heterocycles. The van der Waals surface area contributed by atoms with Gasteiger partial charge in [0.2, 0.25) is 0 Å². The zero-order chi connectivity index (χ0) is 15.5. The molecular formula is C15H21N3O2S. The monoisotopic (exact) mass is 307 g/mol. The summed E-state index contributed by atoms with van der Waals surface area (Å²) < 4.78 is 5.18. The molecule has 1 aliphatic carbocycles. The summed E-state index contributed by atoms with van der Waals surface area (Å²) in [5.74, 6) is 0.855. The number of hydrogen-bond acceptors (Lipinski definition) is 4. The Labute approximate surface area is 130 Å². The van der Waals surface area contributed by atoms with Crippen molar-refractivity contribution in [1.29, 1.82) is 0 Å². The first kappa shape index (κ1) is 15.7. The molecule has 0 aromatic carbocycles. The van der Waals surface area contributed by atoms with Gasteiger partial charge in [-0.05, 0) is 37.7 Å². The average molecular weight is 307 g/mol. The number of carbonyl (C=O) groups excluding carboxylic acids is 1. The van der Waals surface area contributed by atoms with Crippen molar-refractivity contribution in [3.05, 3.63) is 24.0 Å². The van der Waals surface area contributed by atoms with Gasteiger partial charge in [0.15, 0.2) is 0 Å². The normalized spacial score (nSPS) is 25.1. The molecule has 0 saturated heterocycles. The van der Waals surface area contributed by atoms with Crippen LogP contribution in [0.4, 0.5) is 0 Å². The molecule has 0 unspecified atom stereocenters. The second-order valence-corrected chi connectivity index (χ2v) is 6.10. The molecule has 1 heterocycles. The molecule has 0 atom stereocenters. The molecule has 1 saturated carbocycles. The van der Waals surface area contributed by atoms with Crippen LogP contribution in [0, 0.1) is 5.92 Å². The van der Waals surface area contributed by atoms with E-state index in [1.165, 1.54) is 13.3 Å². The molecule has 6 heteroatoms. The first-order chi connectivity index (χ1) is 9.98. The number of pyridine rings is 1. The predicted octanol–water partition coefficient (Wildman–Crippen LogP) is 2.05. The molecule has 0 radical (unpaired) electrons. The summed E-state index contributed by atoms with van der Waals surface area (Å²) in [7, 11) is 1.51. The lowest BCUT2D eigenvalue weighted by Gasteiger charge is -2.39. The summed E-state index contributed by atoms with van der Waals surface area (Å²) >= 11 is 5.22. The minimum Gasteiger partial charge on any atom is -0.494 e. The first-order valence-corrected chi connectivity index (χ1v) is 7.50. The van der Waals surface area contributed by atoms with Crippen molar-refractivity contribution < 1.29 is 9.53 Å². The van der Waals surface area contributed by atoms with Crippen molar-refractivity contribution in [2.75, 3.05) is 7.11 Å². The van der Waals surface area contributed by atoms with Crippen LogP contribution in [0.25, 0.3) is 0 Å². The Hall–Kier alpha value is -1.69. The molecule has 2 rings (SSSR count). The zero-order valence-electron chi connectivity index (χ0n) is 12.4. The molecule has 0 spiro atoms. The molecule has 0 bridgehead atoms. The number of amides is 1. The molecule has 0 aliphatic heterocycles. The summed E-state index contributed by atoms with van der Waals surface area (Å²) in [4.78, 5) is 16.9. The molecule has 1 amide bonds. The highest BCUT2D eigenvalue weighted by Gasteiger charge is 2.38. The molecule has 5 nitrogen and oxygen atoms in total. The fourth-order valence-corrected chi connectivity index (χ4v) is 2.96. The van der Waals surface area contributed by atoms with Crippen LogP contribution in [-0.2, 0) is 0 Å². The van der Waals surface area contributed by atoms with Crippen LogP contribution in [0.3, 0.4) is 0 Å². The summed E-state index contributed by atoms with van der Waals surface area (Å²) in [6, 6.07) is 1.63. The smallest absolute Gasteiger partial charge is 0.255 e. The van der Waals surface area contributed by atoms with Crippen molar-refractivity contribution in [2.45, 2.75) is 38.1 Å². The largest absolute Gasteiger partial charge is 0.494 e. The van der Waals surface area contributed by atoms with E-state index in [2.05, 4.69) is 17.2 Å². The molecule has 21 heavy (non-hydrogen) atoms.